The summed E-state index contributed by atoms with van der Waals surface area (Å²) >= 11 is 6.90. The first-order valence-corrected chi connectivity index (χ1v) is 13.5. The minimum atomic E-state index is -5.08. The van der Waals surface area contributed by atoms with Crippen LogP contribution in [0.1, 0.15) is 37.7 Å². The Bertz CT molecular complexity index is 967. The molecule has 1 aromatic rings. The zero-order chi connectivity index (χ0) is 30.8. The van der Waals surface area contributed by atoms with Gasteiger partial charge in [-0.25, -0.2) is 9.59 Å². The first kappa shape index (κ1) is 35.9. The number of carbonyl (C=O) groups is 3. The summed E-state index contributed by atoms with van der Waals surface area (Å²) in [6, 6.07) is 4.01. The first-order valence-electron chi connectivity index (χ1n) is 12.0. The number of carboxylic acid groups (broad SMARTS) is 2. The highest BCUT2D eigenvalue weighted by molar-refractivity contribution is 9.11. The molecule has 2 aliphatic heterocycles. The molecule has 0 aliphatic carbocycles. The molecule has 1 aromatic carbocycles. The number of rotatable bonds is 4. The molecule has 6 N–H and O–H groups in total. The number of aliphatic carboxylic acids is 2. The standard InChI is InChI=1S/C19H28Br2N4O.2C2HF3O2/c20-15-10-13(11-16(21)18(15)23)12-17(22)19(26)25-8-4-14(5-9-25)24-6-2-1-3-7-24;2*3-2(4,5)1(6)7/h10-11,14,17H,1-9,12,22-23H2;2*(H,6,7)/t17-;;/m1../s1. The van der Waals surface area contributed by atoms with Crippen LogP contribution in [0.2, 0.25) is 0 Å². The van der Waals surface area contributed by atoms with Crippen molar-refractivity contribution in [3.63, 3.8) is 0 Å². The fraction of sp³-hybridized carbons (Fsp3) is 0.609. The fourth-order valence-corrected chi connectivity index (χ4v) is 5.35. The zero-order valence-electron chi connectivity index (χ0n) is 21.1. The van der Waals surface area contributed by atoms with Crippen LogP contribution in [0.4, 0.5) is 32.0 Å². The fourth-order valence-electron chi connectivity index (χ4n) is 4.07. The average molecular weight is 716 g/mol. The van der Waals surface area contributed by atoms with Crippen molar-refractivity contribution in [2.24, 2.45) is 5.73 Å². The highest BCUT2D eigenvalue weighted by Crippen LogP contribution is 2.30. The smallest absolute Gasteiger partial charge is 0.475 e. The maximum atomic E-state index is 12.8. The van der Waals surface area contributed by atoms with E-state index in [1.165, 1.54) is 32.4 Å². The van der Waals surface area contributed by atoms with E-state index in [1.54, 1.807) is 0 Å². The van der Waals surface area contributed by atoms with Gasteiger partial charge in [0.1, 0.15) is 0 Å². The number of hydrogen-bond acceptors (Lipinski definition) is 6. The van der Waals surface area contributed by atoms with Crippen molar-refractivity contribution >= 4 is 55.4 Å². The summed E-state index contributed by atoms with van der Waals surface area (Å²) in [5, 5.41) is 14.2. The number of alkyl halides is 6. The van der Waals surface area contributed by atoms with Crippen LogP contribution in [-0.4, -0.2) is 88.5 Å². The van der Waals surface area contributed by atoms with E-state index in [9.17, 15) is 31.1 Å². The van der Waals surface area contributed by atoms with E-state index in [1.807, 2.05) is 17.0 Å². The third kappa shape index (κ3) is 12.2. The lowest BCUT2D eigenvalue weighted by Crippen LogP contribution is -2.52. The average Bonchev–Trinajstić information content (AvgIpc) is 2.87. The molecule has 0 saturated carbocycles. The van der Waals surface area contributed by atoms with E-state index in [0.717, 1.165) is 40.4 Å². The van der Waals surface area contributed by atoms with Crippen molar-refractivity contribution in [1.29, 1.82) is 0 Å². The third-order valence-electron chi connectivity index (χ3n) is 6.08. The predicted octanol–water partition coefficient (Wildman–Crippen LogP) is 4.41. The van der Waals surface area contributed by atoms with Crippen molar-refractivity contribution in [1.82, 2.24) is 9.80 Å². The van der Waals surface area contributed by atoms with Gasteiger partial charge in [-0.05, 0) is 94.7 Å². The van der Waals surface area contributed by atoms with Crippen molar-refractivity contribution < 1.29 is 50.9 Å². The maximum Gasteiger partial charge on any atom is 0.490 e. The van der Waals surface area contributed by atoms with E-state index in [-0.39, 0.29) is 5.91 Å². The summed E-state index contributed by atoms with van der Waals surface area (Å²) in [5.74, 6) is -5.45. The van der Waals surface area contributed by atoms with Crippen molar-refractivity contribution in [3.05, 3.63) is 26.6 Å². The van der Waals surface area contributed by atoms with E-state index >= 15 is 0 Å². The number of likely N-dealkylation sites (tertiary alicyclic amines) is 2. The van der Waals surface area contributed by atoms with Gasteiger partial charge in [-0.3, -0.25) is 4.79 Å². The van der Waals surface area contributed by atoms with E-state index in [0.29, 0.717) is 18.2 Å². The lowest BCUT2D eigenvalue weighted by molar-refractivity contribution is -0.193. The summed E-state index contributed by atoms with van der Waals surface area (Å²) in [7, 11) is 0. The van der Waals surface area contributed by atoms with Gasteiger partial charge < -0.3 is 31.5 Å². The molecule has 0 radical (unpaired) electrons. The number of benzene rings is 1. The monoisotopic (exact) mass is 714 g/mol. The second-order valence-corrected chi connectivity index (χ2v) is 10.8. The Hall–Kier alpha value is -2.11. The number of halogens is 8. The van der Waals surface area contributed by atoms with Crippen LogP contribution < -0.4 is 11.5 Å². The molecule has 9 nitrogen and oxygen atoms in total. The van der Waals surface area contributed by atoms with Crippen LogP contribution >= 0.6 is 31.9 Å². The molecule has 0 aromatic heterocycles. The second kappa shape index (κ2) is 15.8. The Morgan fingerprint density at radius 2 is 1.27 bits per heavy atom. The van der Waals surface area contributed by atoms with Crippen molar-refractivity contribution in [2.45, 2.75) is 63.0 Å². The van der Waals surface area contributed by atoms with Crippen LogP contribution in [0.5, 0.6) is 0 Å². The number of nitrogen functional groups attached to an aromatic ring is 1. The number of carbonyl (C=O) groups excluding carboxylic acids is 1. The predicted molar refractivity (Wildman–Crippen MR) is 140 cm³/mol. The van der Waals surface area contributed by atoms with Gasteiger partial charge >= 0.3 is 24.3 Å². The quantitative estimate of drug-likeness (QED) is 0.265. The van der Waals surface area contributed by atoms with E-state index in [4.69, 9.17) is 31.3 Å². The number of carboxylic acids is 2. The largest absolute Gasteiger partial charge is 0.490 e. The molecule has 1 atom stereocenters. The molecule has 1 amide bonds. The summed E-state index contributed by atoms with van der Waals surface area (Å²) in [4.78, 5) is 35.1. The highest BCUT2D eigenvalue weighted by Gasteiger charge is 2.39. The Balaban J connectivity index is 0.000000473. The molecule has 0 unspecified atom stereocenters. The molecule has 0 spiro atoms. The minimum Gasteiger partial charge on any atom is -0.475 e. The molecule has 3 rings (SSSR count). The number of hydrogen-bond donors (Lipinski definition) is 4. The summed E-state index contributed by atoms with van der Waals surface area (Å²) < 4.78 is 65.1. The highest BCUT2D eigenvalue weighted by atomic mass is 79.9. The van der Waals surface area contributed by atoms with Gasteiger partial charge in [0.15, 0.2) is 0 Å². The van der Waals surface area contributed by atoms with Gasteiger partial charge in [0.2, 0.25) is 5.91 Å². The number of nitrogens with zero attached hydrogens (tertiary/aromatic N) is 2. The molecule has 40 heavy (non-hydrogen) atoms. The zero-order valence-corrected chi connectivity index (χ0v) is 24.2. The topological polar surface area (TPSA) is 150 Å². The molecule has 2 heterocycles. The van der Waals surface area contributed by atoms with Gasteiger partial charge in [0.25, 0.3) is 0 Å². The molecule has 2 aliphatic rings. The van der Waals surface area contributed by atoms with Gasteiger partial charge in [0.05, 0.1) is 11.7 Å². The lowest BCUT2D eigenvalue weighted by atomic mass is 9.98. The molecule has 2 fully saturated rings. The summed E-state index contributed by atoms with van der Waals surface area (Å²) in [6.45, 7) is 4.09. The Labute approximate surface area is 243 Å². The van der Waals surface area contributed by atoms with Gasteiger partial charge in [0, 0.05) is 28.1 Å². The van der Waals surface area contributed by atoms with Crippen LogP contribution in [0.15, 0.2) is 21.1 Å². The third-order valence-corrected chi connectivity index (χ3v) is 7.39. The molecule has 228 valence electrons. The molecular weight excluding hydrogens is 686 g/mol. The SMILES string of the molecule is Nc1c(Br)cc(C[C@@H](N)C(=O)N2CCC(N3CCCCC3)CC2)cc1Br.O=C(O)C(F)(F)F.O=C(O)C(F)(F)F. The van der Waals surface area contributed by atoms with Crippen LogP contribution in [0.3, 0.4) is 0 Å². The van der Waals surface area contributed by atoms with Crippen molar-refractivity contribution in [3.8, 4) is 0 Å². The number of piperidine rings is 2. The normalized spacial score (nSPS) is 17.6. The molecule has 17 heteroatoms. The molecule has 0 bridgehead atoms. The number of nitrogens with two attached hydrogens (primary N) is 2. The molecule has 2 saturated heterocycles. The van der Waals surface area contributed by atoms with E-state index in [2.05, 4.69) is 36.8 Å². The van der Waals surface area contributed by atoms with Crippen molar-refractivity contribution in [2.75, 3.05) is 31.9 Å². The summed E-state index contributed by atoms with van der Waals surface area (Å²) in [6.07, 6.45) is -3.52. The van der Waals surface area contributed by atoms with Gasteiger partial charge in [-0.15, -0.1) is 0 Å². The number of amides is 1. The maximum absolute atomic E-state index is 12.8. The first-order chi connectivity index (χ1) is 18.3. The minimum absolute atomic E-state index is 0.0613. The second-order valence-electron chi connectivity index (χ2n) is 9.04. The van der Waals surface area contributed by atoms with Crippen LogP contribution in [0.25, 0.3) is 0 Å². The van der Waals surface area contributed by atoms with Crippen LogP contribution in [0, 0.1) is 0 Å². The number of anilines is 1. The molecular formula is C23H30Br2F6N4O5. The Morgan fingerprint density at radius 1 is 0.875 bits per heavy atom. The Morgan fingerprint density at radius 3 is 1.65 bits per heavy atom. The lowest BCUT2D eigenvalue weighted by Gasteiger charge is -2.40. The summed E-state index contributed by atoms with van der Waals surface area (Å²) in [5.41, 5.74) is 13.8. The van der Waals surface area contributed by atoms with Gasteiger partial charge in [-0.1, -0.05) is 6.42 Å². The Kier molecular flexibility index (Phi) is 14.2. The van der Waals surface area contributed by atoms with Gasteiger partial charge in [-0.2, -0.15) is 26.3 Å². The van der Waals surface area contributed by atoms with E-state index < -0.39 is 30.3 Å². The van der Waals surface area contributed by atoms with Crippen LogP contribution in [-0.2, 0) is 20.8 Å².